The summed E-state index contributed by atoms with van der Waals surface area (Å²) in [5, 5.41) is 64.8. The third kappa shape index (κ3) is 7.09. The molecule has 43 heavy (non-hydrogen) atoms. The minimum absolute atomic E-state index is 0.0696. The average molecular weight is 636 g/mol. The molecule has 0 unspecified atom stereocenters. The van der Waals surface area contributed by atoms with Crippen molar-refractivity contribution >= 4 is 17.9 Å². The number of likely N-dealkylation sites (tertiary alicyclic amines) is 1. The van der Waals surface area contributed by atoms with Gasteiger partial charge in [0, 0.05) is 18.7 Å². The summed E-state index contributed by atoms with van der Waals surface area (Å²) in [6.07, 6.45) is -4.16. The number of thioether (sulfide) groups is 1. The highest BCUT2D eigenvalue weighted by atomic mass is 32.2. The highest BCUT2D eigenvalue weighted by Gasteiger charge is 2.51. The van der Waals surface area contributed by atoms with Crippen molar-refractivity contribution in [2.75, 3.05) is 33.4 Å². The zero-order valence-corrected chi connectivity index (χ0v) is 24.3. The van der Waals surface area contributed by atoms with Crippen LogP contribution < -0.4 is 5.32 Å². The highest BCUT2D eigenvalue weighted by Crippen LogP contribution is 2.42. The number of hydrogen-bond donors (Lipinski definition) is 6. The van der Waals surface area contributed by atoms with Crippen molar-refractivity contribution < 1.29 is 53.0 Å². The number of ether oxygens (including phenoxy) is 2. The molecule has 2 fully saturated rings. The lowest BCUT2D eigenvalue weighted by Gasteiger charge is -2.47. The fraction of sp³-hybridized carbons (Fsp3) is 0.654. The fourth-order valence-electron chi connectivity index (χ4n) is 5.28. The Hall–Kier alpha value is -2.51. The Morgan fingerprint density at radius 3 is 2.47 bits per heavy atom. The SMILES string of the molecule is CCCN[C@@H](O)[C@@H](S[C@@H]1O[C@H](CO)[C@H](O)[C@H](n2cc(-c3cc(F)c(F)c(F)c3)nn2)[C@H]1O)C1(O)CCN(C(=O)OC)CC1. The van der Waals surface area contributed by atoms with Crippen LogP contribution in [0.25, 0.3) is 11.3 Å². The quantitative estimate of drug-likeness (QED) is 0.156. The van der Waals surface area contributed by atoms with E-state index in [0.717, 1.165) is 28.6 Å². The van der Waals surface area contributed by atoms with Crippen LogP contribution in [0.3, 0.4) is 0 Å². The van der Waals surface area contributed by atoms with Gasteiger partial charge in [0.25, 0.3) is 0 Å². The summed E-state index contributed by atoms with van der Waals surface area (Å²) >= 11 is 0.887. The Kier molecular flexibility index (Phi) is 10.9. The summed E-state index contributed by atoms with van der Waals surface area (Å²) in [7, 11) is 1.25. The van der Waals surface area contributed by atoms with E-state index in [1.165, 1.54) is 18.2 Å². The molecule has 6 N–H and O–H groups in total. The summed E-state index contributed by atoms with van der Waals surface area (Å²) in [5.74, 6) is -4.53. The Morgan fingerprint density at radius 2 is 1.88 bits per heavy atom. The summed E-state index contributed by atoms with van der Waals surface area (Å²) in [6, 6.07) is 0.151. The Bertz CT molecular complexity index is 1230. The molecule has 0 aliphatic carbocycles. The molecule has 3 heterocycles. The van der Waals surface area contributed by atoms with E-state index in [1.807, 2.05) is 6.92 Å². The maximum absolute atomic E-state index is 13.8. The second kappa shape index (κ2) is 14.1. The first-order valence-corrected chi connectivity index (χ1v) is 14.7. The van der Waals surface area contributed by atoms with Crippen LogP contribution in [-0.2, 0) is 9.47 Å². The van der Waals surface area contributed by atoms with Gasteiger partial charge in [-0.2, -0.15) is 0 Å². The minimum Gasteiger partial charge on any atom is -0.453 e. The van der Waals surface area contributed by atoms with E-state index >= 15 is 0 Å². The van der Waals surface area contributed by atoms with Gasteiger partial charge in [-0.15, -0.1) is 16.9 Å². The molecule has 1 amide bonds. The maximum atomic E-state index is 13.8. The molecule has 1 aromatic heterocycles. The Labute approximate surface area is 249 Å². The second-order valence-corrected chi connectivity index (χ2v) is 11.8. The van der Waals surface area contributed by atoms with Gasteiger partial charge in [0.15, 0.2) is 17.5 Å². The number of piperidine rings is 1. The van der Waals surface area contributed by atoms with Gasteiger partial charge in [0.2, 0.25) is 0 Å². The molecule has 13 nitrogen and oxygen atoms in total. The van der Waals surface area contributed by atoms with Crippen molar-refractivity contribution in [2.24, 2.45) is 0 Å². The van der Waals surface area contributed by atoms with Gasteiger partial charge in [0.05, 0.1) is 30.8 Å². The number of aliphatic hydroxyl groups excluding tert-OH is 4. The normalized spacial score (nSPS) is 27.1. The first kappa shape index (κ1) is 33.4. The van der Waals surface area contributed by atoms with Gasteiger partial charge < -0.3 is 39.9 Å². The molecular weight excluding hydrogens is 599 g/mol. The van der Waals surface area contributed by atoms with Crippen LogP contribution in [-0.4, -0.2) is 126 Å². The van der Waals surface area contributed by atoms with Gasteiger partial charge in [-0.3, -0.25) is 5.32 Å². The first-order valence-electron chi connectivity index (χ1n) is 13.8. The van der Waals surface area contributed by atoms with Crippen LogP contribution in [0, 0.1) is 17.5 Å². The molecular formula is C26H36F3N5O8S. The average Bonchev–Trinajstić information content (AvgIpc) is 3.47. The third-order valence-corrected chi connectivity index (χ3v) is 9.35. The predicted molar refractivity (Wildman–Crippen MR) is 146 cm³/mol. The van der Waals surface area contributed by atoms with Gasteiger partial charge in [-0.1, -0.05) is 12.1 Å². The summed E-state index contributed by atoms with van der Waals surface area (Å²) in [6.45, 7) is 1.91. The molecule has 0 radical (unpaired) electrons. The number of methoxy groups -OCH3 is 1. The molecule has 4 rings (SSSR count). The number of nitrogens with zero attached hydrogens (tertiary/aromatic N) is 4. The molecule has 2 aliphatic rings. The van der Waals surface area contributed by atoms with Crippen LogP contribution in [0.5, 0.6) is 0 Å². The minimum atomic E-state index is -1.65. The number of carbonyl (C=O) groups is 1. The van der Waals surface area contributed by atoms with Crippen molar-refractivity contribution in [1.29, 1.82) is 0 Å². The monoisotopic (exact) mass is 635 g/mol. The molecule has 0 bridgehead atoms. The van der Waals surface area contributed by atoms with E-state index in [0.29, 0.717) is 13.0 Å². The van der Waals surface area contributed by atoms with Crippen molar-refractivity contribution in [2.45, 2.75) is 73.1 Å². The molecule has 0 spiro atoms. The number of carbonyl (C=O) groups excluding carboxylic acids is 1. The van der Waals surface area contributed by atoms with Gasteiger partial charge in [-0.05, 0) is 37.9 Å². The number of nitrogens with one attached hydrogen (secondary N) is 1. The van der Waals surface area contributed by atoms with E-state index < -0.39 is 77.0 Å². The number of aromatic nitrogens is 3. The number of amides is 1. The van der Waals surface area contributed by atoms with Crippen LogP contribution >= 0.6 is 11.8 Å². The van der Waals surface area contributed by atoms with Crippen LogP contribution in [0.4, 0.5) is 18.0 Å². The third-order valence-electron chi connectivity index (χ3n) is 7.71. The number of hydrogen-bond acceptors (Lipinski definition) is 12. The maximum Gasteiger partial charge on any atom is 0.409 e. The predicted octanol–water partition coefficient (Wildman–Crippen LogP) is 0.356. The van der Waals surface area contributed by atoms with Crippen molar-refractivity contribution in [3.8, 4) is 11.3 Å². The summed E-state index contributed by atoms with van der Waals surface area (Å²) < 4.78 is 52.7. The molecule has 7 atom stereocenters. The van der Waals surface area contributed by atoms with Gasteiger partial charge >= 0.3 is 6.09 Å². The molecule has 0 saturated carbocycles. The number of halogens is 3. The molecule has 1 aromatic carbocycles. The molecule has 2 aromatic rings. The molecule has 17 heteroatoms. The lowest BCUT2D eigenvalue weighted by molar-refractivity contribution is -0.179. The van der Waals surface area contributed by atoms with Gasteiger partial charge in [0.1, 0.15) is 41.7 Å². The zero-order chi connectivity index (χ0) is 31.5. The number of benzene rings is 1. The van der Waals surface area contributed by atoms with Crippen LogP contribution in [0.1, 0.15) is 32.2 Å². The molecule has 240 valence electrons. The fourth-order valence-corrected chi connectivity index (χ4v) is 6.83. The standard InChI is InChI=1S/C26H36F3N5O8S/c1-3-6-30-23(38)22(26(40)4-7-33(8-5-26)25(39)41-2)43-24-21(37)19(20(36)17(12-35)42-24)34-11-16(31-32-34)13-9-14(27)18(29)15(28)10-13/h9-11,17,19-24,30,35-38,40H,3-8,12H2,1-2H3/t17-,19+,20+,21-,22-,23+,24+/m1/s1. The molecule has 2 saturated heterocycles. The number of aliphatic hydroxyl groups is 5. The van der Waals surface area contributed by atoms with Gasteiger partial charge in [-0.25, -0.2) is 22.6 Å². The Balaban J connectivity index is 1.61. The van der Waals surface area contributed by atoms with Crippen molar-refractivity contribution in [3.05, 3.63) is 35.8 Å². The van der Waals surface area contributed by atoms with Crippen molar-refractivity contribution in [1.82, 2.24) is 25.2 Å². The summed E-state index contributed by atoms with van der Waals surface area (Å²) in [4.78, 5) is 13.4. The van der Waals surface area contributed by atoms with E-state index in [2.05, 4.69) is 15.6 Å². The number of rotatable bonds is 10. The lowest BCUT2D eigenvalue weighted by atomic mass is 9.87. The zero-order valence-electron chi connectivity index (χ0n) is 23.5. The summed E-state index contributed by atoms with van der Waals surface area (Å²) in [5.41, 5.74) is -2.99. The first-order chi connectivity index (χ1) is 20.4. The lowest BCUT2D eigenvalue weighted by Crippen LogP contribution is -2.60. The smallest absolute Gasteiger partial charge is 0.409 e. The Morgan fingerprint density at radius 1 is 1.23 bits per heavy atom. The topological polar surface area (TPSA) is 183 Å². The molecule has 2 aliphatic heterocycles. The van der Waals surface area contributed by atoms with E-state index in [9.17, 15) is 43.5 Å². The van der Waals surface area contributed by atoms with Crippen LogP contribution in [0.2, 0.25) is 0 Å². The largest absolute Gasteiger partial charge is 0.453 e. The van der Waals surface area contributed by atoms with Crippen molar-refractivity contribution in [3.63, 3.8) is 0 Å². The van der Waals surface area contributed by atoms with Crippen LogP contribution in [0.15, 0.2) is 18.3 Å². The second-order valence-electron chi connectivity index (χ2n) is 10.6. The van der Waals surface area contributed by atoms with E-state index in [1.54, 1.807) is 0 Å². The van der Waals surface area contributed by atoms with E-state index in [4.69, 9.17) is 9.47 Å². The van der Waals surface area contributed by atoms with E-state index in [-0.39, 0.29) is 37.2 Å². The highest BCUT2D eigenvalue weighted by molar-refractivity contribution is 8.00.